The van der Waals surface area contributed by atoms with Crippen molar-refractivity contribution in [2.24, 2.45) is 11.5 Å². The highest BCUT2D eigenvalue weighted by atomic mass is 32.2. The van der Waals surface area contributed by atoms with E-state index in [0.717, 1.165) is 96.3 Å². The van der Waals surface area contributed by atoms with Crippen LogP contribution in [0, 0.1) is 0 Å². The summed E-state index contributed by atoms with van der Waals surface area (Å²) < 4.78 is 0. The molecule has 0 aromatic carbocycles. The Labute approximate surface area is 319 Å². The van der Waals surface area contributed by atoms with E-state index in [4.69, 9.17) is 11.5 Å². The van der Waals surface area contributed by atoms with Gasteiger partial charge >= 0.3 is 0 Å². The summed E-state index contributed by atoms with van der Waals surface area (Å²) >= 11 is 2.72. The maximum Gasteiger partial charge on any atom is 0.242 e. The molecule has 0 aromatic rings. The fourth-order valence-corrected chi connectivity index (χ4v) is 8.82. The van der Waals surface area contributed by atoms with Crippen LogP contribution in [0.1, 0.15) is 143 Å². The SMILES string of the molecule is CCC(N)CSC1CC(=O)N(CCC(=O)NC(CCCCCCCCC(C)=O)CCCCCCCCN2C(=O)CC(SCC(N)C(C)=O)C2=O)C1=O. The number of imide groups is 2. The fraction of sp³-hybridized carbons (Fsp3) is 0.816. The maximum atomic E-state index is 13.0. The number of nitrogens with two attached hydrogens (primary N) is 2. The van der Waals surface area contributed by atoms with Gasteiger partial charge in [-0.3, -0.25) is 38.6 Å². The number of carbonyl (C=O) groups is 7. The molecule has 296 valence electrons. The van der Waals surface area contributed by atoms with Crippen LogP contribution >= 0.6 is 23.5 Å². The number of Topliss-reactive ketones (excluding diaryl/α,β-unsaturated/α-hetero) is 2. The average molecular weight is 768 g/mol. The Bertz CT molecular complexity index is 1190. The van der Waals surface area contributed by atoms with Crippen LogP contribution in [0.25, 0.3) is 0 Å². The van der Waals surface area contributed by atoms with Crippen molar-refractivity contribution in [3.05, 3.63) is 0 Å². The summed E-state index contributed by atoms with van der Waals surface area (Å²) in [6.07, 6.45) is 15.5. The first-order valence-electron chi connectivity index (χ1n) is 19.6. The summed E-state index contributed by atoms with van der Waals surface area (Å²) in [5, 5.41) is 2.31. The van der Waals surface area contributed by atoms with Crippen LogP contribution in [0.5, 0.6) is 0 Å². The van der Waals surface area contributed by atoms with Gasteiger partial charge in [0.2, 0.25) is 29.5 Å². The summed E-state index contributed by atoms with van der Waals surface area (Å²) in [6.45, 7) is 5.55. The molecule has 5 N–H and O–H groups in total. The molecule has 2 aliphatic heterocycles. The molecule has 2 rings (SSSR count). The van der Waals surface area contributed by atoms with Crippen LogP contribution in [-0.2, 0) is 33.6 Å². The zero-order valence-electron chi connectivity index (χ0n) is 31.9. The first-order valence-corrected chi connectivity index (χ1v) is 21.7. The summed E-state index contributed by atoms with van der Waals surface area (Å²) in [5.74, 6) is 0.122. The second-order valence-electron chi connectivity index (χ2n) is 14.5. The predicted octanol–water partition coefficient (Wildman–Crippen LogP) is 4.68. The van der Waals surface area contributed by atoms with E-state index in [0.29, 0.717) is 24.5 Å². The third-order valence-electron chi connectivity index (χ3n) is 9.88. The van der Waals surface area contributed by atoms with Gasteiger partial charge in [-0.1, -0.05) is 71.1 Å². The third kappa shape index (κ3) is 17.7. The van der Waals surface area contributed by atoms with Crippen molar-refractivity contribution in [1.82, 2.24) is 15.1 Å². The molecular weight excluding hydrogens is 703 g/mol. The summed E-state index contributed by atoms with van der Waals surface area (Å²) in [5.41, 5.74) is 11.8. The van der Waals surface area contributed by atoms with Gasteiger partial charge in [-0.15, -0.1) is 23.5 Å². The lowest BCUT2D eigenvalue weighted by molar-refractivity contribution is -0.140. The van der Waals surface area contributed by atoms with Crippen molar-refractivity contribution in [1.29, 1.82) is 0 Å². The van der Waals surface area contributed by atoms with Crippen molar-refractivity contribution in [3.8, 4) is 0 Å². The van der Waals surface area contributed by atoms with Gasteiger partial charge in [0, 0.05) is 62.4 Å². The van der Waals surface area contributed by atoms with Gasteiger partial charge in [-0.25, -0.2) is 0 Å². The van der Waals surface area contributed by atoms with Crippen LogP contribution in [0.15, 0.2) is 0 Å². The van der Waals surface area contributed by atoms with Gasteiger partial charge in [0.25, 0.3) is 0 Å². The Hall–Kier alpha value is -2.29. The molecule has 0 radical (unpaired) electrons. The number of rotatable bonds is 30. The number of thioether (sulfide) groups is 2. The Balaban J connectivity index is 1.72. The van der Waals surface area contributed by atoms with E-state index >= 15 is 0 Å². The van der Waals surface area contributed by atoms with Gasteiger partial charge in [0.15, 0.2) is 0 Å². The predicted molar refractivity (Wildman–Crippen MR) is 209 cm³/mol. The van der Waals surface area contributed by atoms with E-state index in [9.17, 15) is 33.6 Å². The number of likely N-dealkylation sites (tertiary alicyclic amines) is 2. The molecule has 14 heteroatoms. The van der Waals surface area contributed by atoms with Crippen molar-refractivity contribution < 1.29 is 33.6 Å². The number of hydrogen-bond donors (Lipinski definition) is 3. The van der Waals surface area contributed by atoms with E-state index in [1.807, 2.05) is 6.92 Å². The Morgan fingerprint density at radius 1 is 0.692 bits per heavy atom. The standard InChI is InChI=1S/C38H65N5O7S2/c1-4-29(39)25-51-32-23-36(48)43(38(32)50)22-20-34(46)41-30(18-14-10-6-5-9-13-17-27(2)44)19-15-11-7-8-12-16-21-42-35(47)24-33(37(42)49)52-26-31(40)28(3)45/h29-33H,4-26,39-40H2,1-3H3,(H,41,46). The fourth-order valence-electron chi connectivity index (χ4n) is 6.37. The highest BCUT2D eigenvalue weighted by Gasteiger charge is 2.39. The van der Waals surface area contributed by atoms with Gasteiger partial charge < -0.3 is 21.6 Å². The zero-order chi connectivity index (χ0) is 38.5. The van der Waals surface area contributed by atoms with Gasteiger partial charge in [0.05, 0.1) is 16.5 Å². The summed E-state index contributed by atoms with van der Waals surface area (Å²) in [4.78, 5) is 88.7. The van der Waals surface area contributed by atoms with Crippen molar-refractivity contribution in [2.45, 2.75) is 171 Å². The molecule has 5 atom stereocenters. The molecule has 5 unspecified atom stereocenters. The Morgan fingerprint density at radius 3 is 1.69 bits per heavy atom. The topological polar surface area (TPSA) is 190 Å². The molecule has 0 spiro atoms. The molecule has 0 aliphatic carbocycles. The smallest absolute Gasteiger partial charge is 0.242 e. The highest BCUT2D eigenvalue weighted by Crippen LogP contribution is 2.27. The van der Waals surface area contributed by atoms with E-state index in [1.165, 1.54) is 40.2 Å². The minimum absolute atomic E-state index is 0.0140. The molecule has 52 heavy (non-hydrogen) atoms. The summed E-state index contributed by atoms with van der Waals surface area (Å²) in [6, 6.07) is -0.613. The normalized spacial score (nSPS) is 19.4. The molecular formula is C38H65N5O7S2. The van der Waals surface area contributed by atoms with Gasteiger partial charge in [-0.05, 0) is 46.0 Å². The van der Waals surface area contributed by atoms with Crippen LogP contribution in [0.2, 0.25) is 0 Å². The number of unbranched alkanes of at least 4 members (excludes halogenated alkanes) is 10. The van der Waals surface area contributed by atoms with E-state index < -0.39 is 16.5 Å². The molecule has 2 aliphatic rings. The van der Waals surface area contributed by atoms with Crippen molar-refractivity contribution in [2.75, 3.05) is 24.6 Å². The summed E-state index contributed by atoms with van der Waals surface area (Å²) in [7, 11) is 0. The van der Waals surface area contributed by atoms with E-state index in [2.05, 4.69) is 5.32 Å². The van der Waals surface area contributed by atoms with Gasteiger partial charge in [0.1, 0.15) is 11.6 Å². The highest BCUT2D eigenvalue weighted by molar-refractivity contribution is 8.01. The Morgan fingerprint density at radius 2 is 1.17 bits per heavy atom. The molecule has 0 aromatic heterocycles. The lowest BCUT2D eigenvalue weighted by atomic mass is 9.99. The monoisotopic (exact) mass is 767 g/mol. The van der Waals surface area contributed by atoms with Crippen LogP contribution in [-0.4, -0.2) is 104 Å². The Kier molecular flexibility index (Phi) is 22.6. The lowest BCUT2D eigenvalue weighted by Gasteiger charge is -2.20. The zero-order valence-corrected chi connectivity index (χ0v) is 33.5. The van der Waals surface area contributed by atoms with Crippen molar-refractivity contribution >= 4 is 64.6 Å². The third-order valence-corrected chi connectivity index (χ3v) is 12.6. The molecule has 2 heterocycles. The quantitative estimate of drug-likeness (QED) is 0.0680. The first kappa shape index (κ1) is 45.9. The largest absolute Gasteiger partial charge is 0.353 e. The minimum atomic E-state index is -0.624. The van der Waals surface area contributed by atoms with E-state index in [1.54, 1.807) is 6.92 Å². The van der Waals surface area contributed by atoms with Crippen LogP contribution < -0.4 is 16.8 Å². The molecule has 2 fully saturated rings. The number of hydrogen-bond acceptors (Lipinski definition) is 11. The molecule has 12 nitrogen and oxygen atoms in total. The van der Waals surface area contributed by atoms with Crippen LogP contribution in [0.4, 0.5) is 0 Å². The van der Waals surface area contributed by atoms with E-state index in [-0.39, 0.29) is 79.0 Å². The molecule has 2 saturated heterocycles. The number of carbonyl (C=O) groups excluding carboxylic acids is 7. The number of nitrogens with zero attached hydrogens (tertiary/aromatic N) is 2. The molecule has 0 bridgehead atoms. The number of amides is 5. The number of ketones is 2. The molecule has 0 saturated carbocycles. The lowest BCUT2D eigenvalue weighted by Crippen LogP contribution is -2.39. The minimum Gasteiger partial charge on any atom is -0.353 e. The second kappa shape index (κ2) is 25.7. The van der Waals surface area contributed by atoms with Crippen molar-refractivity contribution in [3.63, 3.8) is 0 Å². The molecule has 5 amide bonds. The average Bonchev–Trinajstić information content (AvgIpc) is 3.53. The first-order chi connectivity index (χ1) is 24.8. The maximum absolute atomic E-state index is 13.0. The second-order valence-corrected chi connectivity index (χ2v) is 17.0. The van der Waals surface area contributed by atoms with Crippen LogP contribution in [0.3, 0.4) is 0 Å². The van der Waals surface area contributed by atoms with Gasteiger partial charge in [-0.2, -0.15) is 0 Å². The number of nitrogens with one attached hydrogen (secondary N) is 1.